The fourth-order valence-electron chi connectivity index (χ4n) is 1.34. The van der Waals surface area contributed by atoms with Crippen LogP contribution < -0.4 is 16.8 Å². The van der Waals surface area contributed by atoms with Crippen LogP contribution in [0.4, 0.5) is 0 Å². The van der Waals surface area contributed by atoms with E-state index in [0.29, 0.717) is 31.5 Å². The van der Waals surface area contributed by atoms with Crippen LogP contribution in [-0.4, -0.2) is 18.4 Å². The molecule has 0 aromatic heterocycles. The average Bonchev–Trinajstić information content (AvgIpc) is 2.34. The number of nitrogens with one attached hydrogen (secondary N) is 1. The van der Waals surface area contributed by atoms with Gasteiger partial charge in [0, 0.05) is 18.5 Å². The van der Waals surface area contributed by atoms with Crippen LogP contribution in [0.15, 0.2) is 24.3 Å². The summed E-state index contributed by atoms with van der Waals surface area (Å²) in [4.78, 5) is 22.1. The van der Waals surface area contributed by atoms with E-state index in [1.807, 2.05) is 0 Å². The third-order valence-electron chi connectivity index (χ3n) is 2.34. The summed E-state index contributed by atoms with van der Waals surface area (Å²) in [7, 11) is 0. The van der Waals surface area contributed by atoms with Crippen molar-refractivity contribution < 1.29 is 9.59 Å². The van der Waals surface area contributed by atoms with Gasteiger partial charge < -0.3 is 16.8 Å². The Hall–Kier alpha value is -1.88. The number of hydrogen-bond acceptors (Lipinski definition) is 3. The molecule has 1 aromatic carbocycles. The van der Waals surface area contributed by atoms with Crippen LogP contribution in [0.1, 0.15) is 28.8 Å². The maximum Gasteiger partial charge on any atom is 0.248 e. The molecule has 17 heavy (non-hydrogen) atoms. The summed E-state index contributed by atoms with van der Waals surface area (Å²) in [6.45, 7) is 0.961. The lowest BCUT2D eigenvalue weighted by molar-refractivity contribution is -0.121. The predicted octanol–water partition coefficient (Wildman–Crippen LogP) is 0.141. The Morgan fingerprint density at radius 3 is 2.35 bits per heavy atom. The third-order valence-corrected chi connectivity index (χ3v) is 2.34. The highest BCUT2D eigenvalue weighted by atomic mass is 16.1. The molecule has 0 radical (unpaired) electrons. The highest BCUT2D eigenvalue weighted by Gasteiger charge is 2.02. The van der Waals surface area contributed by atoms with Gasteiger partial charge in [-0.05, 0) is 30.7 Å². The maximum atomic E-state index is 11.3. The first kappa shape index (κ1) is 13.2. The zero-order valence-electron chi connectivity index (χ0n) is 9.61. The van der Waals surface area contributed by atoms with E-state index in [-0.39, 0.29) is 5.91 Å². The molecule has 0 spiro atoms. The summed E-state index contributed by atoms with van der Waals surface area (Å²) in [5.41, 5.74) is 11.8. The van der Waals surface area contributed by atoms with Crippen molar-refractivity contribution in [3.8, 4) is 0 Å². The summed E-state index contributed by atoms with van der Waals surface area (Å²) in [6.07, 6.45) is 1.13. The largest absolute Gasteiger partial charge is 0.366 e. The van der Waals surface area contributed by atoms with Crippen molar-refractivity contribution in [3.05, 3.63) is 35.4 Å². The fourth-order valence-corrected chi connectivity index (χ4v) is 1.34. The molecule has 0 atom stereocenters. The van der Waals surface area contributed by atoms with Gasteiger partial charge in [0.25, 0.3) is 0 Å². The first-order valence-corrected chi connectivity index (χ1v) is 5.49. The number of primary amides is 1. The Labute approximate surface area is 100 Å². The van der Waals surface area contributed by atoms with E-state index in [4.69, 9.17) is 11.5 Å². The second-order valence-corrected chi connectivity index (χ2v) is 3.73. The zero-order chi connectivity index (χ0) is 12.7. The van der Waals surface area contributed by atoms with E-state index in [9.17, 15) is 9.59 Å². The minimum atomic E-state index is -0.455. The average molecular weight is 235 g/mol. The number of amides is 2. The van der Waals surface area contributed by atoms with Crippen molar-refractivity contribution >= 4 is 11.8 Å². The van der Waals surface area contributed by atoms with Crippen molar-refractivity contribution in [3.63, 3.8) is 0 Å². The third kappa shape index (κ3) is 4.65. The number of nitrogens with two attached hydrogens (primary N) is 2. The van der Waals surface area contributed by atoms with Crippen LogP contribution in [0, 0.1) is 0 Å². The van der Waals surface area contributed by atoms with Crippen LogP contribution in [0.25, 0.3) is 0 Å². The number of carbonyl (C=O) groups excluding carboxylic acids is 2. The van der Waals surface area contributed by atoms with Crippen LogP contribution in [0.5, 0.6) is 0 Å². The van der Waals surface area contributed by atoms with Crippen LogP contribution in [0.2, 0.25) is 0 Å². The predicted molar refractivity (Wildman–Crippen MR) is 65.1 cm³/mol. The van der Waals surface area contributed by atoms with Crippen LogP contribution in [0.3, 0.4) is 0 Å². The number of hydrogen-bond donors (Lipinski definition) is 3. The van der Waals surface area contributed by atoms with Crippen molar-refractivity contribution in [2.75, 3.05) is 6.54 Å². The van der Waals surface area contributed by atoms with E-state index in [2.05, 4.69) is 5.32 Å². The summed E-state index contributed by atoms with van der Waals surface area (Å²) in [5.74, 6) is -0.474. The maximum absolute atomic E-state index is 11.3. The number of carbonyl (C=O) groups is 2. The molecule has 0 bridgehead atoms. The van der Waals surface area contributed by atoms with Crippen LogP contribution in [-0.2, 0) is 11.3 Å². The van der Waals surface area contributed by atoms with Crippen molar-refractivity contribution in [2.24, 2.45) is 11.5 Å². The first-order valence-electron chi connectivity index (χ1n) is 5.49. The molecule has 0 aliphatic rings. The van der Waals surface area contributed by atoms with Gasteiger partial charge in [-0.1, -0.05) is 12.1 Å². The monoisotopic (exact) mass is 235 g/mol. The molecule has 0 saturated carbocycles. The second kappa shape index (κ2) is 6.65. The van der Waals surface area contributed by atoms with E-state index in [0.717, 1.165) is 5.56 Å². The van der Waals surface area contributed by atoms with Gasteiger partial charge in [0.2, 0.25) is 11.8 Å². The molecular formula is C12H17N3O2. The van der Waals surface area contributed by atoms with E-state index >= 15 is 0 Å². The van der Waals surface area contributed by atoms with Crippen molar-refractivity contribution in [2.45, 2.75) is 19.4 Å². The minimum absolute atomic E-state index is 0.0190. The van der Waals surface area contributed by atoms with Gasteiger partial charge in [0.05, 0.1) is 0 Å². The molecule has 0 fully saturated rings. The van der Waals surface area contributed by atoms with Gasteiger partial charge in [-0.2, -0.15) is 0 Å². The van der Waals surface area contributed by atoms with E-state index in [1.54, 1.807) is 24.3 Å². The molecule has 0 aliphatic carbocycles. The summed E-state index contributed by atoms with van der Waals surface area (Å²) in [6, 6.07) is 6.82. The Kier molecular flexibility index (Phi) is 5.16. The lowest BCUT2D eigenvalue weighted by Crippen LogP contribution is -2.23. The number of rotatable bonds is 6. The van der Waals surface area contributed by atoms with Gasteiger partial charge in [0.1, 0.15) is 0 Å². The molecule has 0 unspecified atom stereocenters. The molecule has 5 N–H and O–H groups in total. The standard InChI is InChI=1S/C12H17N3O2/c13-7-1-2-11(16)15-8-9-3-5-10(6-4-9)12(14)17/h3-6H,1-2,7-8,13H2,(H2,14,17)(H,15,16). The molecule has 1 aromatic rings. The normalized spacial score (nSPS) is 9.94. The SMILES string of the molecule is NCCCC(=O)NCc1ccc(C(N)=O)cc1. The Morgan fingerprint density at radius 1 is 1.18 bits per heavy atom. The molecule has 92 valence electrons. The van der Waals surface area contributed by atoms with Crippen molar-refractivity contribution in [1.29, 1.82) is 0 Å². The highest BCUT2D eigenvalue weighted by molar-refractivity contribution is 5.92. The fraction of sp³-hybridized carbons (Fsp3) is 0.333. The summed E-state index contributed by atoms with van der Waals surface area (Å²) < 4.78 is 0. The molecule has 2 amide bonds. The number of benzene rings is 1. The highest BCUT2D eigenvalue weighted by Crippen LogP contribution is 2.03. The molecule has 0 saturated heterocycles. The van der Waals surface area contributed by atoms with Gasteiger partial charge in [-0.25, -0.2) is 0 Å². The van der Waals surface area contributed by atoms with Crippen molar-refractivity contribution in [1.82, 2.24) is 5.32 Å². The Bertz CT molecular complexity index is 387. The Morgan fingerprint density at radius 2 is 1.82 bits per heavy atom. The minimum Gasteiger partial charge on any atom is -0.366 e. The summed E-state index contributed by atoms with van der Waals surface area (Å²) >= 11 is 0. The topological polar surface area (TPSA) is 98.2 Å². The van der Waals surface area contributed by atoms with Gasteiger partial charge in [0.15, 0.2) is 0 Å². The molecule has 0 aliphatic heterocycles. The second-order valence-electron chi connectivity index (χ2n) is 3.73. The van der Waals surface area contributed by atoms with Gasteiger partial charge >= 0.3 is 0 Å². The first-order chi connectivity index (χ1) is 8.13. The lowest BCUT2D eigenvalue weighted by Gasteiger charge is -2.05. The molecule has 5 heteroatoms. The molecular weight excluding hydrogens is 218 g/mol. The van der Waals surface area contributed by atoms with Gasteiger partial charge in [-0.15, -0.1) is 0 Å². The van der Waals surface area contributed by atoms with E-state index in [1.165, 1.54) is 0 Å². The van der Waals surface area contributed by atoms with Crippen LogP contribution >= 0.6 is 0 Å². The van der Waals surface area contributed by atoms with Gasteiger partial charge in [-0.3, -0.25) is 9.59 Å². The quantitative estimate of drug-likeness (QED) is 0.654. The molecule has 5 nitrogen and oxygen atoms in total. The smallest absolute Gasteiger partial charge is 0.248 e. The lowest BCUT2D eigenvalue weighted by atomic mass is 10.1. The Balaban J connectivity index is 2.42. The molecule has 0 heterocycles. The zero-order valence-corrected chi connectivity index (χ0v) is 9.61. The van der Waals surface area contributed by atoms with E-state index < -0.39 is 5.91 Å². The summed E-state index contributed by atoms with van der Waals surface area (Å²) in [5, 5.41) is 2.77. The molecule has 1 rings (SSSR count).